The molecule has 0 radical (unpaired) electrons. The summed E-state index contributed by atoms with van der Waals surface area (Å²) in [5, 5.41) is 41.2. The molecule has 15 nitrogen and oxygen atoms in total. The number of hydrogen-bond acceptors (Lipinski definition) is 12. The summed E-state index contributed by atoms with van der Waals surface area (Å²) in [6, 6.07) is 23.7. The molecule has 0 aromatic heterocycles. The number of aliphatic hydroxyl groups is 2. The number of non-ortho nitro benzene ring substituents is 1. The van der Waals surface area contributed by atoms with Crippen LogP contribution in [-0.4, -0.2) is 83.2 Å². The summed E-state index contributed by atoms with van der Waals surface area (Å²) < 4.78 is 26.7. The molecule has 74 heavy (non-hydrogen) atoms. The quantitative estimate of drug-likeness (QED) is 0.0203. The molecule has 3 N–H and O–H groups in total. The maximum Gasteiger partial charge on any atom is 0.416 e. The van der Waals surface area contributed by atoms with Gasteiger partial charge in [-0.3, -0.25) is 15.0 Å². The number of carbonyl (C=O) groups is 2. The largest absolute Gasteiger partial charge is 0.459 e. The minimum absolute atomic E-state index is 0.0222. The number of aliphatic hydroxyl groups excluding tert-OH is 2. The van der Waals surface area contributed by atoms with E-state index < -0.39 is 34.9 Å². The molecule has 15 heteroatoms. The van der Waals surface area contributed by atoms with Gasteiger partial charge in [0.1, 0.15) is 30.4 Å². The van der Waals surface area contributed by atoms with Gasteiger partial charge in [0.15, 0.2) is 0 Å². The van der Waals surface area contributed by atoms with E-state index in [4.69, 9.17) is 28.9 Å². The smallest absolute Gasteiger partial charge is 0.416 e. The molecule has 1 aliphatic heterocycles. The number of ether oxygens (including phenoxy) is 4. The molecular weight excluding hydrogens is 941 g/mol. The summed E-state index contributed by atoms with van der Waals surface area (Å²) in [6.07, 6.45) is 18.8. The van der Waals surface area contributed by atoms with E-state index in [0.29, 0.717) is 43.0 Å². The van der Waals surface area contributed by atoms with Crippen LogP contribution in [0.2, 0.25) is 0 Å². The van der Waals surface area contributed by atoms with Gasteiger partial charge in [0.2, 0.25) is 5.79 Å². The summed E-state index contributed by atoms with van der Waals surface area (Å²) in [6.45, 7) is 6.94. The average Bonchev–Trinajstić information content (AvgIpc) is 3.44. The summed E-state index contributed by atoms with van der Waals surface area (Å²) in [4.78, 5) is 47.0. The van der Waals surface area contributed by atoms with Crippen molar-refractivity contribution in [2.75, 3.05) is 33.5 Å². The Morgan fingerprint density at radius 3 is 2.26 bits per heavy atom. The number of carbonyl (C=O) groups excluding carboxylic acids is 2. The molecule has 4 aromatic carbocycles. The molecule has 6 atom stereocenters. The highest BCUT2D eigenvalue weighted by Crippen LogP contribution is 2.62. The summed E-state index contributed by atoms with van der Waals surface area (Å²) in [5.41, 5.74) is 2.89. The molecule has 0 bridgehead atoms. The number of fused-ring (bicyclic) bond motifs is 3. The molecule has 7 rings (SSSR count). The van der Waals surface area contributed by atoms with Crippen molar-refractivity contribution in [2.24, 2.45) is 22.9 Å². The van der Waals surface area contributed by atoms with Gasteiger partial charge in [-0.1, -0.05) is 137 Å². The third-order valence-electron chi connectivity index (χ3n) is 14.9. The van der Waals surface area contributed by atoms with E-state index >= 15 is 4.79 Å². The Balaban J connectivity index is 1.30. The number of unbranched alkanes of at least 4 members (excludes halogenated alkanes) is 11. The van der Waals surface area contributed by atoms with Crippen molar-refractivity contribution in [3.63, 3.8) is 0 Å². The van der Waals surface area contributed by atoms with Crippen molar-refractivity contribution < 1.29 is 48.5 Å². The normalized spacial score (nSPS) is 21.2. The number of nitro groups is 1. The van der Waals surface area contributed by atoms with Crippen molar-refractivity contribution in [1.82, 2.24) is 10.2 Å². The molecule has 1 saturated carbocycles. The first kappa shape index (κ1) is 55.5. The molecule has 1 heterocycles. The molecule has 3 aliphatic rings. The molecule has 1 fully saturated rings. The molecule has 2 amide bonds. The number of nitro benzene ring substituents is 1. The zero-order chi connectivity index (χ0) is 52.3. The van der Waals surface area contributed by atoms with Crippen molar-refractivity contribution in [3.8, 4) is 17.2 Å². The lowest BCUT2D eigenvalue weighted by atomic mass is 9.55. The zero-order valence-electron chi connectivity index (χ0n) is 43.3. The number of rotatable bonds is 29. The lowest BCUT2D eigenvalue weighted by molar-refractivity contribution is -0.384. The van der Waals surface area contributed by atoms with Crippen LogP contribution >= 0.6 is 0 Å². The van der Waals surface area contributed by atoms with E-state index in [1.807, 2.05) is 48.5 Å². The molecular formula is C59H76N4O11. The first-order chi connectivity index (χ1) is 36.2. The SMILES string of the molecule is C=CCOC12Oc3ccc(OC(=O)NCCCCCCCCCCCC)cc3C3C(CCCCO)C(CCCCO)C=C(C(=NOC)CC1N(Cc1cccc4ccccc14)C(=O)Oc1ccc([N+](=O)[O-])cc1)C32. The number of allylic oxidation sites excluding steroid dienone is 1. The highest BCUT2D eigenvalue weighted by atomic mass is 16.7. The number of amides is 2. The van der Waals surface area contributed by atoms with Crippen LogP contribution in [0.3, 0.4) is 0 Å². The van der Waals surface area contributed by atoms with Crippen molar-refractivity contribution in [3.05, 3.63) is 130 Å². The lowest BCUT2D eigenvalue weighted by Crippen LogP contribution is -2.70. The lowest BCUT2D eigenvalue weighted by Gasteiger charge is -2.59. The van der Waals surface area contributed by atoms with Crippen LogP contribution in [0.15, 0.2) is 114 Å². The van der Waals surface area contributed by atoms with Crippen LogP contribution < -0.4 is 19.5 Å². The van der Waals surface area contributed by atoms with E-state index in [9.17, 15) is 25.1 Å². The Hall–Kier alpha value is -6.29. The van der Waals surface area contributed by atoms with Gasteiger partial charge in [-0.2, -0.15) is 0 Å². The highest BCUT2D eigenvalue weighted by Gasteiger charge is 2.66. The summed E-state index contributed by atoms with van der Waals surface area (Å²) in [7, 11) is 1.49. The van der Waals surface area contributed by atoms with Gasteiger partial charge in [-0.15, -0.1) is 6.58 Å². The van der Waals surface area contributed by atoms with Crippen molar-refractivity contribution >= 4 is 34.4 Å². The monoisotopic (exact) mass is 1020 g/mol. The topological polar surface area (TPSA) is 192 Å². The van der Waals surface area contributed by atoms with Gasteiger partial charge in [-0.05, 0) is 96.2 Å². The predicted molar refractivity (Wildman–Crippen MR) is 286 cm³/mol. The van der Waals surface area contributed by atoms with Gasteiger partial charge < -0.3 is 39.3 Å². The van der Waals surface area contributed by atoms with E-state index in [2.05, 4.69) is 24.9 Å². The van der Waals surface area contributed by atoms with E-state index in [1.165, 1.54) is 76.3 Å². The number of nitrogens with one attached hydrogen (secondary N) is 1. The molecule has 4 aromatic rings. The van der Waals surface area contributed by atoms with Crippen LogP contribution in [-0.2, 0) is 16.1 Å². The maximum absolute atomic E-state index is 15.3. The van der Waals surface area contributed by atoms with Crippen molar-refractivity contribution in [2.45, 2.75) is 140 Å². The number of nitrogens with zero attached hydrogens (tertiary/aromatic N) is 3. The molecule has 0 saturated heterocycles. The van der Waals surface area contributed by atoms with E-state index in [-0.39, 0.29) is 62.0 Å². The molecule has 6 unspecified atom stereocenters. The second-order valence-electron chi connectivity index (χ2n) is 19.8. The Morgan fingerprint density at radius 2 is 1.55 bits per heavy atom. The standard InChI is InChI=1S/C59H76N4O11/c1-4-6-7-8-9-10-11-12-13-18-34-60-57(66)72-47-32-33-53-51(39-47)55-49(27-17-20-36-65)43(23-16-19-35-64)38-50-52(61-70-3)40-54(59(74-53,56(50)55)71-37-5-2)62(41-44-25-21-24-42-22-14-15-26-48(42)44)58(67)73-46-30-28-45(29-31-46)63(68)69/h5,14-15,21-22,24-26,28-33,38-39,43,49,54-56,64-65H,2,4,6-13,16-20,23,27,34-37,40-41H2,1,3H3,(H,60,66). The first-order valence-electron chi connectivity index (χ1n) is 26.9. The Bertz CT molecular complexity index is 2540. The van der Waals surface area contributed by atoms with Crippen LogP contribution in [0.25, 0.3) is 10.8 Å². The van der Waals surface area contributed by atoms with Crippen LogP contribution in [0.4, 0.5) is 15.3 Å². The van der Waals surface area contributed by atoms with Crippen LogP contribution in [0.5, 0.6) is 17.2 Å². The first-order valence-corrected chi connectivity index (χ1v) is 26.9. The van der Waals surface area contributed by atoms with Gasteiger partial charge in [0, 0.05) is 49.8 Å². The molecule has 0 spiro atoms. The van der Waals surface area contributed by atoms with Gasteiger partial charge in [0.05, 0.1) is 29.7 Å². The van der Waals surface area contributed by atoms with Gasteiger partial charge in [-0.25, -0.2) is 9.59 Å². The molecule has 2 aliphatic carbocycles. The summed E-state index contributed by atoms with van der Waals surface area (Å²) in [5.74, 6) is -1.81. The van der Waals surface area contributed by atoms with E-state index in [1.54, 1.807) is 23.1 Å². The summed E-state index contributed by atoms with van der Waals surface area (Å²) >= 11 is 0. The van der Waals surface area contributed by atoms with Crippen LogP contribution in [0, 0.1) is 27.9 Å². The third kappa shape index (κ3) is 13.7. The van der Waals surface area contributed by atoms with Crippen molar-refractivity contribution in [1.29, 1.82) is 0 Å². The fourth-order valence-corrected chi connectivity index (χ4v) is 11.5. The van der Waals surface area contributed by atoms with Gasteiger partial charge in [0.25, 0.3) is 5.69 Å². The van der Waals surface area contributed by atoms with Crippen LogP contribution in [0.1, 0.15) is 133 Å². The minimum atomic E-state index is -1.62. The average molecular weight is 1020 g/mol. The minimum Gasteiger partial charge on any atom is -0.459 e. The predicted octanol–water partition coefficient (Wildman–Crippen LogP) is 12.7. The molecule has 398 valence electrons. The Labute approximate surface area is 436 Å². The Morgan fingerprint density at radius 1 is 0.865 bits per heavy atom. The van der Waals surface area contributed by atoms with E-state index in [0.717, 1.165) is 66.0 Å². The zero-order valence-corrected chi connectivity index (χ0v) is 43.3. The maximum atomic E-state index is 15.3. The number of hydrogen-bond donors (Lipinski definition) is 3. The number of oxime groups is 1. The highest BCUT2D eigenvalue weighted by molar-refractivity contribution is 6.03. The second-order valence-corrected chi connectivity index (χ2v) is 19.8. The van der Waals surface area contributed by atoms with Gasteiger partial charge >= 0.3 is 12.2 Å². The Kier molecular flexibility index (Phi) is 20.9. The fraction of sp³-hybridized carbons (Fsp3) is 0.508. The third-order valence-corrected chi connectivity index (χ3v) is 14.9. The number of benzene rings is 4. The fourth-order valence-electron chi connectivity index (χ4n) is 11.5. The second kappa shape index (κ2) is 27.8.